The van der Waals surface area contributed by atoms with Crippen LogP contribution >= 0.6 is 0 Å². The minimum Gasteiger partial charge on any atom is -0.349 e. The first-order valence-corrected chi connectivity index (χ1v) is 9.62. The first kappa shape index (κ1) is 16.1. The fraction of sp³-hybridized carbons (Fsp3) is 0.273. The molecular formula is C22H22N4O. The van der Waals surface area contributed by atoms with Gasteiger partial charge in [-0.3, -0.25) is 9.89 Å². The van der Waals surface area contributed by atoms with Gasteiger partial charge in [0.05, 0.1) is 5.69 Å². The molecule has 2 aromatic carbocycles. The molecule has 1 fully saturated rings. The summed E-state index contributed by atoms with van der Waals surface area (Å²) in [7, 11) is 0. The summed E-state index contributed by atoms with van der Waals surface area (Å²) in [6.07, 6.45) is 4.29. The van der Waals surface area contributed by atoms with Gasteiger partial charge in [-0.25, -0.2) is 9.67 Å². The Bertz CT molecular complexity index is 1130. The Morgan fingerprint density at radius 1 is 0.926 bits per heavy atom. The van der Waals surface area contributed by atoms with Crippen LogP contribution in [0.2, 0.25) is 0 Å². The highest BCUT2D eigenvalue weighted by Crippen LogP contribution is 2.31. The molecule has 0 saturated carbocycles. The van der Waals surface area contributed by atoms with Crippen LogP contribution < -0.4 is 16.3 Å². The quantitative estimate of drug-likeness (QED) is 0.765. The van der Waals surface area contributed by atoms with Crippen molar-refractivity contribution in [3.8, 4) is 5.69 Å². The maximum absolute atomic E-state index is 13.2. The zero-order chi connectivity index (χ0) is 18.2. The lowest BCUT2D eigenvalue weighted by molar-refractivity contribution is 0.289. The van der Waals surface area contributed by atoms with Crippen molar-refractivity contribution in [1.82, 2.24) is 14.7 Å². The summed E-state index contributed by atoms with van der Waals surface area (Å²) in [5, 5.41) is 4.00. The molecule has 5 nitrogen and oxygen atoms in total. The first-order chi connectivity index (χ1) is 13.3. The second-order valence-corrected chi connectivity index (χ2v) is 7.18. The summed E-state index contributed by atoms with van der Waals surface area (Å²) in [6.45, 7) is 0.938. The van der Waals surface area contributed by atoms with E-state index in [1.807, 2.05) is 36.4 Å². The molecule has 2 aliphatic heterocycles. The number of benzene rings is 2. The average molecular weight is 358 g/mol. The fourth-order valence-corrected chi connectivity index (χ4v) is 4.18. The Morgan fingerprint density at radius 3 is 2.44 bits per heavy atom. The van der Waals surface area contributed by atoms with Crippen LogP contribution in [0.5, 0.6) is 0 Å². The molecule has 2 aliphatic rings. The van der Waals surface area contributed by atoms with Crippen LogP contribution in [0.1, 0.15) is 37.4 Å². The monoisotopic (exact) mass is 358 g/mol. The zero-order valence-corrected chi connectivity index (χ0v) is 15.1. The van der Waals surface area contributed by atoms with Crippen molar-refractivity contribution >= 4 is 5.70 Å². The summed E-state index contributed by atoms with van der Waals surface area (Å²) in [5.74, 6) is 0. The van der Waals surface area contributed by atoms with E-state index in [1.165, 1.54) is 6.42 Å². The van der Waals surface area contributed by atoms with Crippen molar-refractivity contribution in [3.63, 3.8) is 0 Å². The summed E-state index contributed by atoms with van der Waals surface area (Å²) < 4.78 is 1.62. The van der Waals surface area contributed by atoms with Crippen molar-refractivity contribution in [1.29, 1.82) is 0 Å². The van der Waals surface area contributed by atoms with Crippen LogP contribution in [-0.4, -0.2) is 21.2 Å². The van der Waals surface area contributed by atoms with Crippen molar-refractivity contribution in [3.05, 3.63) is 87.3 Å². The SMILES string of the molecule is O=c1c2c([nH]n1-c1ccccc1)=N[C@H](c1ccccc1)N1CCCCCC=21. The predicted molar refractivity (Wildman–Crippen MR) is 105 cm³/mol. The van der Waals surface area contributed by atoms with Gasteiger partial charge >= 0.3 is 0 Å². The van der Waals surface area contributed by atoms with Crippen molar-refractivity contribution < 1.29 is 0 Å². The van der Waals surface area contributed by atoms with E-state index in [2.05, 4.69) is 34.3 Å². The molecule has 3 heterocycles. The Morgan fingerprint density at radius 2 is 1.67 bits per heavy atom. The lowest BCUT2D eigenvalue weighted by Crippen LogP contribution is -2.46. The largest absolute Gasteiger partial charge is 0.349 e. The van der Waals surface area contributed by atoms with Gasteiger partial charge in [0.2, 0.25) is 0 Å². The molecule has 0 unspecified atom stereocenters. The molecule has 136 valence electrons. The number of H-pyrrole nitrogens is 1. The molecule has 0 radical (unpaired) electrons. The molecule has 1 atom stereocenters. The third kappa shape index (κ3) is 2.70. The standard InChI is InChI=1S/C22H22N4O/c27-22-19-18-14-8-3-9-15-25(18)21(16-10-4-1-5-11-16)23-20(19)24-26(22)17-12-6-2-7-13-17/h1-2,4-7,10-13,21H,3,8-9,14-15H2,(H,23,24)/t21-/m0/s1. The number of hydrogen-bond acceptors (Lipinski definition) is 3. The van der Waals surface area contributed by atoms with Gasteiger partial charge in [0.15, 0.2) is 5.49 Å². The number of para-hydroxylation sites is 1. The van der Waals surface area contributed by atoms with Gasteiger partial charge in [-0.1, -0.05) is 55.0 Å². The van der Waals surface area contributed by atoms with Gasteiger partial charge in [-0.05, 0) is 37.0 Å². The Kier molecular flexibility index (Phi) is 3.93. The van der Waals surface area contributed by atoms with Crippen LogP contribution in [0.15, 0.2) is 70.5 Å². The van der Waals surface area contributed by atoms with Gasteiger partial charge in [-0.2, -0.15) is 0 Å². The molecule has 0 amide bonds. The number of rotatable bonds is 2. The van der Waals surface area contributed by atoms with E-state index in [9.17, 15) is 4.79 Å². The molecule has 1 aromatic heterocycles. The normalized spacial score (nSPS) is 19.0. The molecule has 5 rings (SSSR count). The van der Waals surface area contributed by atoms with E-state index in [1.54, 1.807) is 4.68 Å². The van der Waals surface area contributed by atoms with Crippen LogP contribution in [0.3, 0.4) is 0 Å². The van der Waals surface area contributed by atoms with Gasteiger partial charge < -0.3 is 4.90 Å². The third-order valence-electron chi connectivity index (χ3n) is 5.48. The second-order valence-electron chi connectivity index (χ2n) is 7.18. The first-order valence-electron chi connectivity index (χ1n) is 9.62. The molecule has 1 saturated heterocycles. The van der Waals surface area contributed by atoms with Crippen LogP contribution in [0.25, 0.3) is 11.4 Å². The number of hydrogen-bond donors (Lipinski definition) is 1. The molecule has 0 aliphatic carbocycles. The van der Waals surface area contributed by atoms with Crippen molar-refractivity contribution in [2.75, 3.05) is 6.54 Å². The van der Waals surface area contributed by atoms with E-state index in [0.29, 0.717) is 5.49 Å². The third-order valence-corrected chi connectivity index (χ3v) is 5.48. The van der Waals surface area contributed by atoms with E-state index in [-0.39, 0.29) is 11.7 Å². The number of nitrogens with one attached hydrogen (secondary N) is 1. The predicted octanol–water partition coefficient (Wildman–Crippen LogP) is 2.48. The lowest BCUT2D eigenvalue weighted by Gasteiger charge is -2.33. The summed E-state index contributed by atoms with van der Waals surface area (Å²) in [6, 6.07) is 20.1. The van der Waals surface area contributed by atoms with E-state index >= 15 is 0 Å². The van der Waals surface area contributed by atoms with Gasteiger partial charge in [0.25, 0.3) is 5.56 Å². The Hall–Kier alpha value is -3.08. The number of aromatic amines is 1. The smallest absolute Gasteiger partial charge is 0.282 e. The average Bonchev–Trinajstić information content (AvgIpc) is 2.89. The number of aromatic nitrogens is 2. The maximum Gasteiger partial charge on any atom is 0.282 e. The molecular weight excluding hydrogens is 336 g/mol. The molecule has 0 spiro atoms. The van der Waals surface area contributed by atoms with Gasteiger partial charge in [0.1, 0.15) is 11.4 Å². The van der Waals surface area contributed by atoms with Crippen LogP contribution in [-0.2, 0) is 0 Å². The second kappa shape index (κ2) is 6.58. The zero-order valence-electron chi connectivity index (χ0n) is 15.1. The van der Waals surface area contributed by atoms with E-state index in [4.69, 9.17) is 4.99 Å². The molecule has 0 bridgehead atoms. The van der Waals surface area contributed by atoms with Gasteiger partial charge in [0, 0.05) is 12.2 Å². The van der Waals surface area contributed by atoms with Crippen LogP contribution in [0, 0.1) is 0 Å². The fourth-order valence-electron chi connectivity index (χ4n) is 4.18. The molecule has 27 heavy (non-hydrogen) atoms. The lowest BCUT2D eigenvalue weighted by atomic mass is 10.1. The van der Waals surface area contributed by atoms with Gasteiger partial charge in [-0.15, -0.1) is 0 Å². The molecule has 1 N–H and O–H groups in total. The Labute approximate surface area is 157 Å². The highest BCUT2D eigenvalue weighted by molar-refractivity contribution is 5.46. The summed E-state index contributed by atoms with van der Waals surface area (Å²) in [5.41, 5.74) is 3.83. The highest BCUT2D eigenvalue weighted by Gasteiger charge is 2.29. The van der Waals surface area contributed by atoms with Crippen molar-refractivity contribution in [2.45, 2.75) is 31.8 Å². The Balaban J connectivity index is 1.77. The number of fused-ring (bicyclic) bond motifs is 2. The van der Waals surface area contributed by atoms with E-state index in [0.717, 1.165) is 48.0 Å². The minimum atomic E-state index is -0.0749. The summed E-state index contributed by atoms with van der Waals surface area (Å²) >= 11 is 0. The highest BCUT2D eigenvalue weighted by atomic mass is 16.1. The summed E-state index contributed by atoms with van der Waals surface area (Å²) in [4.78, 5) is 20.6. The molecule has 3 aromatic rings. The minimum absolute atomic E-state index is 0.00615. The number of nitrogens with zero attached hydrogens (tertiary/aromatic N) is 3. The topological polar surface area (TPSA) is 53.4 Å². The van der Waals surface area contributed by atoms with Crippen molar-refractivity contribution in [2.24, 2.45) is 4.99 Å². The maximum atomic E-state index is 13.2. The van der Waals surface area contributed by atoms with Crippen LogP contribution in [0.4, 0.5) is 0 Å². The van der Waals surface area contributed by atoms with E-state index < -0.39 is 0 Å². The molecule has 5 heteroatoms.